The van der Waals surface area contributed by atoms with Crippen molar-refractivity contribution in [3.8, 4) is 23.5 Å². The number of carbonyl (C=O) groups is 1. The number of para-hydroxylation sites is 1. The van der Waals surface area contributed by atoms with E-state index in [0.29, 0.717) is 42.4 Å². The summed E-state index contributed by atoms with van der Waals surface area (Å²) < 4.78 is 7.27. The molecule has 2 bridgehead atoms. The molecule has 4 aromatic rings. The Morgan fingerprint density at radius 3 is 2.80 bits per heavy atom. The zero-order valence-electron chi connectivity index (χ0n) is 22.9. The van der Waals surface area contributed by atoms with Crippen molar-refractivity contribution in [3.63, 3.8) is 0 Å². The van der Waals surface area contributed by atoms with E-state index in [1.165, 1.54) is 12.4 Å². The number of carbonyl (C=O) groups excluding carboxylic acids is 1. The zero-order valence-corrected chi connectivity index (χ0v) is 22.9. The van der Waals surface area contributed by atoms with E-state index < -0.39 is 5.54 Å². The highest BCUT2D eigenvalue weighted by atomic mass is 16.5. The first-order chi connectivity index (χ1) is 19.9. The van der Waals surface area contributed by atoms with Crippen molar-refractivity contribution >= 4 is 39.9 Å². The summed E-state index contributed by atoms with van der Waals surface area (Å²) in [4.78, 5) is 27.0. The minimum absolute atomic E-state index is 0.230. The van der Waals surface area contributed by atoms with Gasteiger partial charge in [-0.2, -0.15) is 0 Å². The molecule has 0 spiro atoms. The van der Waals surface area contributed by atoms with Crippen LogP contribution in [0.4, 0.5) is 5.82 Å². The molecular weight excluding hydrogens is 516 g/mol. The van der Waals surface area contributed by atoms with E-state index in [0.717, 1.165) is 59.3 Å². The lowest BCUT2D eigenvalue weighted by Crippen LogP contribution is -2.47. The van der Waals surface area contributed by atoms with E-state index in [2.05, 4.69) is 37.2 Å². The molecule has 0 unspecified atom stereocenters. The van der Waals surface area contributed by atoms with Gasteiger partial charge in [0.2, 0.25) is 0 Å². The third kappa shape index (κ3) is 4.39. The van der Waals surface area contributed by atoms with Gasteiger partial charge in [0, 0.05) is 53.7 Å². The van der Waals surface area contributed by atoms with E-state index in [9.17, 15) is 4.79 Å². The van der Waals surface area contributed by atoms with Crippen molar-refractivity contribution in [1.82, 2.24) is 30.2 Å². The third-order valence-electron chi connectivity index (χ3n) is 8.57. The second-order valence-corrected chi connectivity index (χ2v) is 10.9. The molecule has 3 heterocycles. The predicted molar refractivity (Wildman–Crippen MR) is 159 cm³/mol. The van der Waals surface area contributed by atoms with Crippen LogP contribution < -0.4 is 16.4 Å². The number of rotatable bonds is 9. The van der Waals surface area contributed by atoms with Crippen molar-refractivity contribution in [1.29, 1.82) is 5.41 Å². The number of nitrogens with two attached hydrogens (primary N) is 1. The van der Waals surface area contributed by atoms with E-state index in [1.54, 1.807) is 7.11 Å². The van der Waals surface area contributed by atoms with Crippen molar-refractivity contribution < 1.29 is 9.53 Å². The van der Waals surface area contributed by atoms with Gasteiger partial charge < -0.3 is 31.1 Å². The Kier molecular flexibility index (Phi) is 6.67. The molecule has 208 valence electrons. The fraction of sp³-hybridized carbons (Fsp3) is 0.323. The number of hydrogen-bond donors (Lipinski definition) is 4. The van der Waals surface area contributed by atoms with Crippen molar-refractivity contribution in [2.24, 2.45) is 0 Å². The van der Waals surface area contributed by atoms with E-state index in [1.807, 2.05) is 30.5 Å². The molecule has 3 aromatic heterocycles. The van der Waals surface area contributed by atoms with Crippen LogP contribution in [0.5, 0.6) is 0 Å². The predicted octanol–water partition coefficient (Wildman–Crippen LogP) is 3.51. The van der Waals surface area contributed by atoms with Gasteiger partial charge in [0.1, 0.15) is 29.2 Å². The van der Waals surface area contributed by atoms with Crippen LogP contribution in [-0.4, -0.2) is 57.4 Å². The number of ether oxygens (including phenoxy) is 1. The smallest absolute Gasteiger partial charge is 0.267 e. The Balaban J connectivity index is 1.41. The molecule has 1 amide bonds. The van der Waals surface area contributed by atoms with Crippen LogP contribution in [0.25, 0.3) is 33.1 Å². The summed E-state index contributed by atoms with van der Waals surface area (Å²) >= 11 is 0. The second kappa shape index (κ2) is 10.3. The standard InChI is InChI=1S/C31H32N8O2/c1-3-24-25(21-16-20-6-4-5-7-22(20)35-17-21)26-27(33)36-19-37-28(26)39(24)31-11-9-30(18-31,10-12-31)38-29(40)23(8-13-32)34-14-15-41-2/h1,4-8,13,16-17,19,32,34H,9-12,14-15,18H2,2H3,(H,38,40)(H2,33,36,37)/b23-8-,32-13?. The number of nitrogen functional groups attached to an aromatic ring is 1. The first kappa shape index (κ1) is 26.5. The topological polar surface area (TPSA) is 144 Å². The highest BCUT2D eigenvalue weighted by Gasteiger charge is 2.57. The third-order valence-corrected chi connectivity index (χ3v) is 8.57. The quantitative estimate of drug-likeness (QED) is 0.108. The van der Waals surface area contributed by atoms with Gasteiger partial charge in [-0.25, -0.2) is 9.97 Å². The molecule has 0 saturated heterocycles. The summed E-state index contributed by atoms with van der Waals surface area (Å²) in [6, 6.07) is 10.0. The number of allylic oxidation sites excluding steroid dienone is 1. The maximum absolute atomic E-state index is 13.3. The molecule has 10 nitrogen and oxygen atoms in total. The van der Waals surface area contributed by atoms with Crippen molar-refractivity contribution in [2.45, 2.75) is 43.2 Å². The number of nitrogens with zero attached hydrogens (tertiary/aromatic N) is 4. The number of terminal acetylenes is 1. The van der Waals surface area contributed by atoms with Crippen LogP contribution in [-0.2, 0) is 15.1 Å². The first-order valence-electron chi connectivity index (χ1n) is 13.7. The van der Waals surface area contributed by atoms with Gasteiger partial charge >= 0.3 is 0 Å². The number of fused-ring (bicyclic) bond motifs is 4. The Hall–Kier alpha value is -4.75. The van der Waals surface area contributed by atoms with E-state index in [-0.39, 0.29) is 11.4 Å². The summed E-state index contributed by atoms with van der Waals surface area (Å²) in [7, 11) is 1.60. The van der Waals surface area contributed by atoms with Crippen LogP contribution in [0.15, 0.2) is 54.6 Å². The molecule has 2 aliphatic rings. The summed E-state index contributed by atoms with van der Waals surface area (Å²) in [6.07, 6.45) is 16.1. The molecule has 0 atom stereocenters. The number of nitrogens with one attached hydrogen (secondary N) is 3. The molecule has 5 N–H and O–H groups in total. The van der Waals surface area contributed by atoms with Gasteiger partial charge in [-0.15, -0.1) is 6.42 Å². The number of amides is 1. The van der Waals surface area contributed by atoms with Crippen LogP contribution in [0.2, 0.25) is 0 Å². The summed E-state index contributed by atoms with van der Waals surface area (Å²) in [5.41, 5.74) is 10.0. The van der Waals surface area contributed by atoms with Gasteiger partial charge in [-0.1, -0.05) is 24.1 Å². The largest absolute Gasteiger partial charge is 0.383 e. The number of pyridine rings is 1. The van der Waals surface area contributed by atoms with E-state index in [4.69, 9.17) is 27.3 Å². The van der Waals surface area contributed by atoms with E-state index >= 15 is 0 Å². The summed E-state index contributed by atoms with van der Waals surface area (Å²) in [5.74, 6) is 3.10. The second-order valence-electron chi connectivity index (χ2n) is 10.9. The number of benzene rings is 1. The van der Waals surface area contributed by atoms with Crippen LogP contribution >= 0.6 is 0 Å². The lowest BCUT2D eigenvalue weighted by atomic mass is 9.90. The average Bonchev–Trinajstić information content (AvgIpc) is 3.65. The molecule has 1 aromatic carbocycles. The van der Waals surface area contributed by atoms with Gasteiger partial charge in [0.25, 0.3) is 5.91 Å². The molecular formula is C31H32N8O2. The van der Waals surface area contributed by atoms with Crippen LogP contribution in [0.3, 0.4) is 0 Å². The molecule has 0 aliphatic heterocycles. The summed E-state index contributed by atoms with van der Waals surface area (Å²) in [5, 5.41) is 15.6. The van der Waals surface area contributed by atoms with Gasteiger partial charge in [0.05, 0.1) is 17.5 Å². The Morgan fingerprint density at radius 1 is 1.24 bits per heavy atom. The monoisotopic (exact) mass is 548 g/mol. The van der Waals surface area contributed by atoms with Crippen LogP contribution in [0, 0.1) is 17.8 Å². The lowest BCUT2D eigenvalue weighted by molar-refractivity contribution is -0.119. The molecule has 2 fully saturated rings. The molecule has 2 aliphatic carbocycles. The highest BCUT2D eigenvalue weighted by molar-refractivity contribution is 6.04. The van der Waals surface area contributed by atoms with Crippen LogP contribution in [0.1, 0.15) is 37.8 Å². The molecule has 2 saturated carbocycles. The average molecular weight is 549 g/mol. The number of hydrogen-bond acceptors (Lipinski definition) is 8. The Labute approximate surface area is 237 Å². The molecule has 0 radical (unpaired) electrons. The Bertz CT molecular complexity index is 1740. The fourth-order valence-electron chi connectivity index (χ4n) is 6.77. The van der Waals surface area contributed by atoms with Gasteiger partial charge in [-0.3, -0.25) is 9.78 Å². The van der Waals surface area contributed by atoms with Gasteiger partial charge in [-0.05, 0) is 50.3 Å². The normalized spacial score (nSPS) is 21.7. The maximum Gasteiger partial charge on any atom is 0.267 e. The first-order valence-corrected chi connectivity index (χ1v) is 13.7. The maximum atomic E-state index is 13.3. The fourth-order valence-corrected chi connectivity index (χ4v) is 6.77. The molecule has 41 heavy (non-hydrogen) atoms. The van der Waals surface area contributed by atoms with Gasteiger partial charge in [0.15, 0.2) is 0 Å². The molecule has 10 heteroatoms. The number of methoxy groups -OCH3 is 1. The lowest BCUT2D eigenvalue weighted by Gasteiger charge is -2.31. The molecule has 6 rings (SSSR count). The minimum atomic E-state index is -0.396. The number of aromatic nitrogens is 4. The Morgan fingerprint density at radius 2 is 2.05 bits per heavy atom. The van der Waals surface area contributed by atoms with Crippen molar-refractivity contribution in [2.75, 3.05) is 26.0 Å². The number of anilines is 1. The van der Waals surface area contributed by atoms with Crippen molar-refractivity contribution in [3.05, 3.63) is 60.3 Å². The highest BCUT2D eigenvalue weighted by Crippen LogP contribution is 2.57. The SMILES string of the molecule is C#Cc1c(-c2cnc3ccccc3c2)c2c(N)ncnc2n1C12CCC(NC(=O)/C(=C/C=N)NCCOC)(CC1)C2. The zero-order chi connectivity index (χ0) is 28.6. The minimum Gasteiger partial charge on any atom is -0.383 e. The summed E-state index contributed by atoms with van der Waals surface area (Å²) in [6.45, 7) is 0.918.